The molecule has 1 amide bonds. The summed E-state index contributed by atoms with van der Waals surface area (Å²) in [6, 6.07) is 11.0. The molecule has 1 heterocycles. The highest BCUT2D eigenvalue weighted by atomic mass is 35.5. The number of hydrogen-bond acceptors (Lipinski definition) is 5. The summed E-state index contributed by atoms with van der Waals surface area (Å²) < 4.78 is 19.0. The largest absolute Gasteiger partial charge is 0.452 e. The molecule has 2 aromatic rings. The lowest BCUT2D eigenvalue weighted by Crippen LogP contribution is -2.21. The van der Waals surface area contributed by atoms with Crippen molar-refractivity contribution in [1.29, 1.82) is 0 Å². The Labute approximate surface area is 163 Å². The zero-order valence-corrected chi connectivity index (χ0v) is 15.9. The van der Waals surface area contributed by atoms with Crippen LogP contribution in [0.4, 0.5) is 10.1 Å². The highest BCUT2D eigenvalue weighted by molar-refractivity contribution is 8.19. The number of nitrogens with one attached hydrogen (secondary N) is 1. The SMILES string of the molecule is O=C(COC(=O)c1ccc(C2SCCS2)cc1)Nc1cc(Cl)ccc1F. The van der Waals surface area contributed by atoms with Gasteiger partial charge in [-0.2, -0.15) is 0 Å². The van der Waals surface area contributed by atoms with Gasteiger partial charge in [-0.3, -0.25) is 4.79 Å². The number of anilines is 1. The maximum atomic E-state index is 13.6. The molecule has 4 nitrogen and oxygen atoms in total. The Balaban J connectivity index is 1.53. The number of esters is 1. The van der Waals surface area contributed by atoms with Gasteiger partial charge in [0.1, 0.15) is 5.82 Å². The molecule has 0 unspecified atom stereocenters. The fourth-order valence-electron chi connectivity index (χ4n) is 2.32. The standard InChI is InChI=1S/C18H15ClFNO3S2/c19-13-5-6-14(20)15(9-13)21-16(22)10-24-17(23)11-1-3-12(4-2-11)18-25-7-8-26-18/h1-6,9,18H,7-8,10H2,(H,21,22). The third kappa shape index (κ3) is 4.93. The molecule has 26 heavy (non-hydrogen) atoms. The Kier molecular flexibility index (Phi) is 6.45. The molecule has 0 radical (unpaired) electrons. The average Bonchev–Trinajstić information content (AvgIpc) is 3.17. The van der Waals surface area contributed by atoms with Crippen LogP contribution in [0.1, 0.15) is 20.5 Å². The van der Waals surface area contributed by atoms with Crippen molar-refractivity contribution in [3.05, 3.63) is 64.4 Å². The number of rotatable bonds is 5. The lowest BCUT2D eigenvalue weighted by Gasteiger charge is -2.10. The van der Waals surface area contributed by atoms with E-state index in [2.05, 4.69) is 5.32 Å². The summed E-state index contributed by atoms with van der Waals surface area (Å²) in [6.07, 6.45) is 0. The molecular formula is C18H15ClFNO3S2. The monoisotopic (exact) mass is 411 g/mol. The molecule has 2 aromatic carbocycles. The minimum Gasteiger partial charge on any atom is -0.452 e. The van der Waals surface area contributed by atoms with Crippen molar-refractivity contribution in [2.45, 2.75) is 4.58 Å². The number of thioether (sulfide) groups is 2. The summed E-state index contributed by atoms with van der Waals surface area (Å²) in [5, 5.41) is 2.61. The lowest BCUT2D eigenvalue weighted by atomic mass is 10.1. The molecule has 1 aliphatic rings. The van der Waals surface area contributed by atoms with Crippen LogP contribution in [0.15, 0.2) is 42.5 Å². The zero-order valence-electron chi connectivity index (χ0n) is 13.5. The van der Waals surface area contributed by atoms with E-state index in [1.807, 2.05) is 35.7 Å². The quantitative estimate of drug-likeness (QED) is 0.719. The average molecular weight is 412 g/mol. The van der Waals surface area contributed by atoms with Gasteiger partial charge in [0.05, 0.1) is 15.8 Å². The van der Waals surface area contributed by atoms with E-state index in [0.29, 0.717) is 10.1 Å². The molecule has 0 bridgehead atoms. The van der Waals surface area contributed by atoms with Crippen LogP contribution in [0, 0.1) is 5.82 Å². The van der Waals surface area contributed by atoms with Crippen LogP contribution < -0.4 is 5.32 Å². The second-order valence-corrected chi connectivity index (χ2v) is 8.60. The van der Waals surface area contributed by atoms with E-state index >= 15 is 0 Å². The Morgan fingerprint density at radius 3 is 2.54 bits per heavy atom. The predicted molar refractivity (Wildman–Crippen MR) is 104 cm³/mol. The molecule has 0 saturated carbocycles. The first-order valence-electron chi connectivity index (χ1n) is 7.78. The third-order valence-electron chi connectivity index (χ3n) is 3.58. The fourth-order valence-corrected chi connectivity index (χ4v) is 5.35. The van der Waals surface area contributed by atoms with Gasteiger partial charge >= 0.3 is 5.97 Å². The number of benzene rings is 2. The summed E-state index contributed by atoms with van der Waals surface area (Å²) in [5.41, 5.74) is 1.46. The topological polar surface area (TPSA) is 55.4 Å². The highest BCUT2D eigenvalue weighted by Crippen LogP contribution is 2.45. The fraction of sp³-hybridized carbons (Fsp3) is 0.222. The van der Waals surface area contributed by atoms with Crippen LogP contribution in [0.25, 0.3) is 0 Å². The molecule has 0 atom stereocenters. The van der Waals surface area contributed by atoms with Crippen molar-refractivity contribution < 1.29 is 18.7 Å². The zero-order chi connectivity index (χ0) is 18.5. The van der Waals surface area contributed by atoms with E-state index in [1.165, 1.54) is 12.1 Å². The molecule has 1 N–H and O–H groups in total. The molecular weight excluding hydrogens is 397 g/mol. The normalized spacial score (nSPS) is 14.2. The number of ether oxygens (including phenoxy) is 1. The van der Waals surface area contributed by atoms with Crippen molar-refractivity contribution >= 4 is 52.7 Å². The number of amides is 1. The lowest BCUT2D eigenvalue weighted by molar-refractivity contribution is -0.119. The van der Waals surface area contributed by atoms with E-state index in [-0.39, 0.29) is 10.7 Å². The number of carbonyl (C=O) groups is 2. The number of halogens is 2. The van der Waals surface area contributed by atoms with Gasteiger partial charge in [-0.25, -0.2) is 9.18 Å². The van der Waals surface area contributed by atoms with Crippen LogP contribution in [0.2, 0.25) is 5.02 Å². The Hall–Kier alpha value is -1.70. The Morgan fingerprint density at radius 2 is 1.85 bits per heavy atom. The third-order valence-corrected chi connectivity index (χ3v) is 6.92. The summed E-state index contributed by atoms with van der Waals surface area (Å²) in [6.45, 7) is -0.513. The van der Waals surface area contributed by atoms with Crippen molar-refractivity contribution in [2.24, 2.45) is 0 Å². The molecule has 0 aromatic heterocycles. The van der Waals surface area contributed by atoms with Gasteiger partial charge in [0, 0.05) is 16.5 Å². The first kappa shape index (κ1) is 19.1. The van der Waals surface area contributed by atoms with Crippen LogP contribution in [0.5, 0.6) is 0 Å². The molecule has 136 valence electrons. The second kappa shape index (κ2) is 8.79. The minimum atomic E-state index is -0.644. The Morgan fingerprint density at radius 1 is 1.15 bits per heavy atom. The van der Waals surface area contributed by atoms with Gasteiger partial charge in [0.15, 0.2) is 6.61 Å². The summed E-state index contributed by atoms with van der Waals surface area (Å²) >= 11 is 9.52. The maximum absolute atomic E-state index is 13.6. The van der Waals surface area contributed by atoms with Gasteiger partial charge in [0.2, 0.25) is 0 Å². The Bertz CT molecular complexity index is 811. The first-order valence-corrected chi connectivity index (χ1v) is 10.3. The van der Waals surface area contributed by atoms with Gasteiger partial charge in [-0.05, 0) is 35.9 Å². The van der Waals surface area contributed by atoms with E-state index < -0.39 is 24.3 Å². The summed E-state index contributed by atoms with van der Waals surface area (Å²) in [5.74, 6) is 0.385. The minimum absolute atomic E-state index is 0.0607. The van der Waals surface area contributed by atoms with Crippen molar-refractivity contribution in [3.8, 4) is 0 Å². The number of carbonyl (C=O) groups excluding carboxylic acids is 2. The summed E-state index contributed by atoms with van der Waals surface area (Å²) in [4.78, 5) is 23.9. The van der Waals surface area contributed by atoms with Gasteiger partial charge in [0.25, 0.3) is 5.91 Å². The van der Waals surface area contributed by atoms with Crippen LogP contribution in [-0.4, -0.2) is 30.0 Å². The number of hydrogen-bond donors (Lipinski definition) is 1. The predicted octanol–water partition coefficient (Wildman–Crippen LogP) is 4.75. The van der Waals surface area contributed by atoms with Crippen LogP contribution in [0.3, 0.4) is 0 Å². The van der Waals surface area contributed by atoms with Crippen molar-refractivity contribution in [3.63, 3.8) is 0 Å². The van der Waals surface area contributed by atoms with E-state index in [1.54, 1.807) is 12.1 Å². The van der Waals surface area contributed by atoms with Gasteiger partial charge in [-0.15, -0.1) is 23.5 Å². The van der Waals surface area contributed by atoms with E-state index in [0.717, 1.165) is 23.1 Å². The second-order valence-electron chi connectivity index (χ2n) is 5.44. The molecule has 0 spiro atoms. The molecule has 1 aliphatic heterocycles. The molecule has 1 fully saturated rings. The maximum Gasteiger partial charge on any atom is 0.338 e. The van der Waals surface area contributed by atoms with Gasteiger partial charge in [-0.1, -0.05) is 23.7 Å². The highest BCUT2D eigenvalue weighted by Gasteiger charge is 2.19. The van der Waals surface area contributed by atoms with E-state index in [9.17, 15) is 14.0 Å². The van der Waals surface area contributed by atoms with E-state index in [4.69, 9.17) is 16.3 Å². The molecule has 8 heteroatoms. The van der Waals surface area contributed by atoms with Crippen LogP contribution in [-0.2, 0) is 9.53 Å². The molecule has 0 aliphatic carbocycles. The van der Waals surface area contributed by atoms with Crippen molar-refractivity contribution in [1.82, 2.24) is 0 Å². The van der Waals surface area contributed by atoms with Crippen LogP contribution >= 0.6 is 35.1 Å². The first-order chi connectivity index (χ1) is 12.5. The molecule has 3 rings (SSSR count). The van der Waals surface area contributed by atoms with Gasteiger partial charge < -0.3 is 10.1 Å². The van der Waals surface area contributed by atoms with Crippen molar-refractivity contribution in [2.75, 3.05) is 23.4 Å². The summed E-state index contributed by atoms with van der Waals surface area (Å²) in [7, 11) is 0. The smallest absolute Gasteiger partial charge is 0.338 e. The molecule has 1 saturated heterocycles.